The summed E-state index contributed by atoms with van der Waals surface area (Å²) in [5.41, 5.74) is 0.561. The number of ketones is 1. The highest BCUT2D eigenvalue weighted by atomic mass is 32.2. The van der Waals surface area contributed by atoms with Crippen LogP contribution in [0.2, 0.25) is 0 Å². The smallest absolute Gasteiger partial charge is 0.286 e. The third-order valence-corrected chi connectivity index (χ3v) is 7.96. The summed E-state index contributed by atoms with van der Waals surface area (Å²) in [7, 11) is 0. The van der Waals surface area contributed by atoms with Gasteiger partial charge in [0.2, 0.25) is 17.5 Å². The summed E-state index contributed by atoms with van der Waals surface area (Å²) in [6.07, 6.45) is 3.66. The molecule has 1 saturated carbocycles. The van der Waals surface area contributed by atoms with Crippen LogP contribution in [0.1, 0.15) is 66.9 Å². The molecular weight excluding hydrogens is 518 g/mol. The zero-order valence-electron chi connectivity index (χ0n) is 22.8. The van der Waals surface area contributed by atoms with Crippen LogP contribution in [0, 0.1) is 11.8 Å². The molecule has 0 radical (unpaired) electrons. The molecule has 39 heavy (non-hydrogen) atoms. The maximum atomic E-state index is 13.5. The highest BCUT2D eigenvalue weighted by Gasteiger charge is 2.35. The molecular formula is C28H39N5O5S. The Balaban J connectivity index is 1.36. The SMILES string of the molecule is CC(C)C[C@H](NC(=O)[C@@H]1CCCC[C@@H]1NC(=O)c1ccccc1)C(=O)c1noc(SCCN2CCOCC2)n1. The molecule has 2 aromatic rings. The molecule has 1 aliphatic heterocycles. The molecule has 10 nitrogen and oxygen atoms in total. The van der Waals surface area contributed by atoms with E-state index in [9.17, 15) is 14.4 Å². The Kier molecular flexibility index (Phi) is 10.9. The van der Waals surface area contributed by atoms with Crippen LogP contribution in [0.15, 0.2) is 40.1 Å². The van der Waals surface area contributed by atoms with Crippen LogP contribution in [0.3, 0.4) is 0 Å². The third-order valence-electron chi connectivity index (χ3n) is 7.16. The van der Waals surface area contributed by atoms with Crippen LogP contribution in [-0.2, 0) is 9.53 Å². The van der Waals surface area contributed by atoms with Crippen molar-refractivity contribution in [2.45, 2.75) is 63.3 Å². The van der Waals surface area contributed by atoms with Crippen LogP contribution in [0.25, 0.3) is 0 Å². The average Bonchev–Trinajstić information content (AvgIpc) is 3.42. The molecule has 1 aromatic heterocycles. The van der Waals surface area contributed by atoms with E-state index in [1.54, 1.807) is 12.1 Å². The van der Waals surface area contributed by atoms with Gasteiger partial charge in [0.1, 0.15) is 0 Å². The van der Waals surface area contributed by atoms with Crippen molar-refractivity contribution in [2.75, 3.05) is 38.6 Å². The molecule has 1 saturated heterocycles. The summed E-state index contributed by atoms with van der Waals surface area (Å²) in [4.78, 5) is 46.2. The standard InChI is InChI=1S/C28H39N5O5S/c1-19(2)18-23(24(34)25-31-28(38-32-25)39-17-14-33-12-15-37-16-13-33)30-27(36)21-10-6-7-11-22(21)29-26(35)20-8-4-3-5-9-20/h3-5,8-9,19,21-23H,6-7,10-18H2,1-2H3,(H,29,35)(H,30,36)/t21-,22+,23+/m1/s1. The van der Waals surface area contributed by atoms with Gasteiger partial charge in [-0.1, -0.05) is 61.8 Å². The second kappa shape index (κ2) is 14.6. The average molecular weight is 558 g/mol. The number of Topliss-reactive ketones (excluding diaryl/α,β-unsaturated/α-hetero) is 1. The number of hydrogen-bond acceptors (Lipinski definition) is 9. The highest BCUT2D eigenvalue weighted by Crippen LogP contribution is 2.26. The van der Waals surface area contributed by atoms with E-state index in [1.807, 2.05) is 32.0 Å². The van der Waals surface area contributed by atoms with Crippen LogP contribution in [0.4, 0.5) is 0 Å². The predicted molar refractivity (Wildman–Crippen MR) is 148 cm³/mol. The van der Waals surface area contributed by atoms with Gasteiger partial charge < -0.3 is 19.9 Å². The van der Waals surface area contributed by atoms with Crippen LogP contribution >= 0.6 is 11.8 Å². The van der Waals surface area contributed by atoms with Gasteiger partial charge in [0, 0.05) is 37.0 Å². The lowest BCUT2D eigenvalue weighted by Crippen LogP contribution is -2.52. The van der Waals surface area contributed by atoms with E-state index >= 15 is 0 Å². The van der Waals surface area contributed by atoms with E-state index in [2.05, 4.69) is 25.7 Å². The summed E-state index contributed by atoms with van der Waals surface area (Å²) in [5.74, 6) is -0.288. The van der Waals surface area contributed by atoms with Gasteiger partial charge in [-0.3, -0.25) is 19.3 Å². The zero-order chi connectivity index (χ0) is 27.6. The molecule has 212 valence electrons. The monoisotopic (exact) mass is 557 g/mol. The first-order valence-electron chi connectivity index (χ1n) is 13.9. The number of carbonyl (C=O) groups is 3. The molecule has 2 fully saturated rings. The van der Waals surface area contributed by atoms with Gasteiger partial charge in [-0.15, -0.1) is 0 Å². The lowest BCUT2D eigenvalue weighted by atomic mass is 9.83. The highest BCUT2D eigenvalue weighted by molar-refractivity contribution is 7.99. The van der Waals surface area contributed by atoms with Crippen LogP contribution in [-0.4, -0.2) is 83.3 Å². The van der Waals surface area contributed by atoms with Crippen molar-refractivity contribution in [1.82, 2.24) is 25.7 Å². The Labute approximate surface area is 234 Å². The molecule has 3 atom stereocenters. The quantitative estimate of drug-likeness (QED) is 0.299. The van der Waals surface area contributed by atoms with Gasteiger partial charge in [-0.05, 0) is 37.3 Å². The molecule has 0 unspecified atom stereocenters. The van der Waals surface area contributed by atoms with Crippen LogP contribution in [0.5, 0.6) is 0 Å². The summed E-state index contributed by atoms with van der Waals surface area (Å²) in [6, 6.07) is 7.93. The number of nitrogens with zero attached hydrogens (tertiary/aromatic N) is 3. The van der Waals surface area contributed by atoms with Crippen molar-refractivity contribution in [1.29, 1.82) is 0 Å². The Morgan fingerprint density at radius 1 is 1.10 bits per heavy atom. The van der Waals surface area contributed by atoms with Gasteiger partial charge in [0.25, 0.3) is 11.1 Å². The van der Waals surface area contributed by atoms with Crippen molar-refractivity contribution in [3.63, 3.8) is 0 Å². The first-order chi connectivity index (χ1) is 18.9. The fraction of sp³-hybridized carbons (Fsp3) is 0.607. The predicted octanol–water partition coefficient (Wildman–Crippen LogP) is 3.20. The van der Waals surface area contributed by atoms with Crippen molar-refractivity contribution < 1.29 is 23.6 Å². The van der Waals surface area contributed by atoms with E-state index in [0.717, 1.165) is 57.9 Å². The second-order valence-corrected chi connectivity index (χ2v) is 11.6. The molecule has 2 heterocycles. The largest absolute Gasteiger partial charge is 0.379 e. The fourth-order valence-corrected chi connectivity index (χ4v) is 5.82. The van der Waals surface area contributed by atoms with Gasteiger partial charge in [-0.2, -0.15) is 4.98 Å². The van der Waals surface area contributed by atoms with E-state index < -0.39 is 12.0 Å². The molecule has 0 bridgehead atoms. The zero-order valence-corrected chi connectivity index (χ0v) is 23.6. The van der Waals surface area contributed by atoms with E-state index in [4.69, 9.17) is 9.26 Å². The van der Waals surface area contributed by atoms with E-state index in [1.165, 1.54) is 11.8 Å². The number of hydrogen-bond donors (Lipinski definition) is 2. The van der Waals surface area contributed by atoms with Crippen molar-refractivity contribution >= 4 is 29.4 Å². The first-order valence-corrected chi connectivity index (χ1v) is 14.9. The normalized spacial score (nSPS) is 20.9. The van der Waals surface area contributed by atoms with Crippen LogP contribution < -0.4 is 10.6 Å². The molecule has 2 amide bonds. The Morgan fingerprint density at radius 2 is 1.85 bits per heavy atom. The lowest BCUT2D eigenvalue weighted by Gasteiger charge is -2.32. The maximum Gasteiger partial charge on any atom is 0.286 e. The number of carbonyl (C=O) groups excluding carboxylic acids is 3. The number of morpholine rings is 1. The number of aromatic nitrogens is 2. The molecule has 0 spiro atoms. The number of rotatable bonds is 12. The van der Waals surface area contributed by atoms with E-state index in [0.29, 0.717) is 23.6 Å². The Hall–Kier alpha value is -2.76. The van der Waals surface area contributed by atoms with Gasteiger partial charge in [0.05, 0.1) is 25.2 Å². The maximum absolute atomic E-state index is 13.5. The van der Waals surface area contributed by atoms with Gasteiger partial charge >= 0.3 is 0 Å². The fourth-order valence-electron chi connectivity index (χ4n) is 5.05. The summed E-state index contributed by atoms with van der Waals surface area (Å²) >= 11 is 1.42. The van der Waals surface area contributed by atoms with Gasteiger partial charge in [-0.25, -0.2) is 0 Å². The number of amides is 2. The first kappa shape index (κ1) is 29.2. The number of benzene rings is 1. The minimum atomic E-state index is -0.770. The molecule has 11 heteroatoms. The van der Waals surface area contributed by atoms with Crippen molar-refractivity contribution in [2.24, 2.45) is 11.8 Å². The molecule has 2 aliphatic rings. The second-order valence-electron chi connectivity index (χ2n) is 10.6. The van der Waals surface area contributed by atoms with Crippen molar-refractivity contribution in [3.8, 4) is 0 Å². The molecule has 1 aromatic carbocycles. The minimum absolute atomic E-state index is 0.0209. The number of thioether (sulfide) groups is 1. The number of nitrogens with one attached hydrogen (secondary N) is 2. The number of ether oxygens (including phenoxy) is 1. The van der Waals surface area contributed by atoms with Gasteiger partial charge in [0.15, 0.2) is 0 Å². The minimum Gasteiger partial charge on any atom is -0.379 e. The Bertz CT molecular complexity index is 1090. The summed E-state index contributed by atoms with van der Waals surface area (Å²) in [6.45, 7) is 8.17. The summed E-state index contributed by atoms with van der Waals surface area (Å²) < 4.78 is 10.7. The molecule has 4 rings (SSSR count). The Morgan fingerprint density at radius 3 is 2.59 bits per heavy atom. The third kappa shape index (κ3) is 8.61. The van der Waals surface area contributed by atoms with E-state index in [-0.39, 0.29) is 35.4 Å². The lowest BCUT2D eigenvalue weighted by molar-refractivity contribution is -0.127. The topological polar surface area (TPSA) is 127 Å². The molecule has 2 N–H and O–H groups in total. The van der Waals surface area contributed by atoms with Crippen molar-refractivity contribution in [3.05, 3.63) is 41.7 Å². The summed E-state index contributed by atoms with van der Waals surface area (Å²) in [5, 5.41) is 10.3. The molecule has 1 aliphatic carbocycles.